The Morgan fingerprint density at radius 1 is 1.44 bits per heavy atom. The van der Waals surface area contributed by atoms with Crippen LogP contribution in [0.1, 0.15) is 33.1 Å². The first-order valence-corrected chi connectivity index (χ1v) is 3.99. The highest BCUT2D eigenvalue weighted by molar-refractivity contribution is 4.93. The van der Waals surface area contributed by atoms with E-state index in [2.05, 4.69) is 26.0 Å². The third-order valence-electron chi connectivity index (χ3n) is 2.31. The van der Waals surface area contributed by atoms with Gasteiger partial charge in [0, 0.05) is 0 Å². The van der Waals surface area contributed by atoms with Gasteiger partial charge in [0.25, 0.3) is 0 Å². The van der Waals surface area contributed by atoms with Crippen molar-refractivity contribution in [2.24, 2.45) is 11.8 Å². The van der Waals surface area contributed by atoms with Crippen LogP contribution in [0.3, 0.4) is 0 Å². The molecule has 52 valence electrons. The second kappa shape index (κ2) is 3.05. The molecule has 0 heteroatoms. The summed E-state index contributed by atoms with van der Waals surface area (Å²) in [5.41, 5.74) is 0. The van der Waals surface area contributed by atoms with Crippen molar-refractivity contribution in [2.75, 3.05) is 0 Å². The lowest BCUT2D eigenvalue weighted by atomic mass is 9.73. The van der Waals surface area contributed by atoms with Gasteiger partial charge in [0.1, 0.15) is 0 Å². The molecule has 0 saturated heterocycles. The van der Waals surface area contributed by atoms with Crippen molar-refractivity contribution in [2.45, 2.75) is 33.1 Å². The summed E-state index contributed by atoms with van der Waals surface area (Å²) in [5.74, 6) is 1.98. The maximum Gasteiger partial charge on any atom is -0.0228 e. The zero-order valence-electron chi connectivity index (χ0n) is 6.43. The zero-order valence-corrected chi connectivity index (χ0v) is 6.43. The fourth-order valence-electron chi connectivity index (χ4n) is 1.55. The maximum absolute atomic E-state index is 2.34. The van der Waals surface area contributed by atoms with Crippen molar-refractivity contribution >= 4 is 0 Å². The van der Waals surface area contributed by atoms with E-state index in [9.17, 15) is 0 Å². The van der Waals surface area contributed by atoms with Gasteiger partial charge in [-0.1, -0.05) is 25.5 Å². The Bertz CT molecular complexity index is 96.6. The number of hydrogen-bond donors (Lipinski definition) is 0. The van der Waals surface area contributed by atoms with Crippen LogP contribution in [-0.2, 0) is 0 Å². The molecule has 0 unspecified atom stereocenters. The summed E-state index contributed by atoms with van der Waals surface area (Å²) in [6, 6.07) is 0. The smallest absolute Gasteiger partial charge is 0.0228 e. The van der Waals surface area contributed by atoms with Crippen LogP contribution in [0.5, 0.6) is 0 Å². The Morgan fingerprint density at radius 3 is 2.56 bits per heavy atom. The van der Waals surface area contributed by atoms with Gasteiger partial charge in [-0.3, -0.25) is 0 Å². The molecule has 0 aliphatic heterocycles. The summed E-state index contributed by atoms with van der Waals surface area (Å²) in [6.45, 7) is 4.40. The van der Waals surface area contributed by atoms with Crippen LogP contribution in [0.25, 0.3) is 0 Å². The minimum Gasteiger partial charge on any atom is -0.0914 e. The Kier molecular flexibility index (Phi) is 2.32. The third kappa shape index (κ3) is 1.57. The molecule has 1 aliphatic rings. The Morgan fingerprint density at radius 2 is 2.11 bits per heavy atom. The summed E-state index contributed by atoms with van der Waals surface area (Å²) in [7, 11) is 0. The molecule has 0 heterocycles. The molecule has 0 aromatic rings. The highest BCUT2D eigenvalue weighted by Gasteiger charge is 2.24. The van der Waals surface area contributed by atoms with Gasteiger partial charge in [-0.15, -0.1) is 0 Å². The summed E-state index contributed by atoms with van der Waals surface area (Å²) < 4.78 is 0. The van der Waals surface area contributed by atoms with Crippen LogP contribution in [0.15, 0.2) is 12.2 Å². The second-order valence-electron chi connectivity index (χ2n) is 3.03. The molecule has 0 aromatic carbocycles. The second-order valence-corrected chi connectivity index (χ2v) is 3.03. The van der Waals surface area contributed by atoms with E-state index in [-0.39, 0.29) is 0 Å². The van der Waals surface area contributed by atoms with Gasteiger partial charge in [0.2, 0.25) is 0 Å². The van der Waals surface area contributed by atoms with E-state index in [1.807, 2.05) is 0 Å². The van der Waals surface area contributed by atoms with E-state index in [0.29, 0.717) is 0 Å². The first-order chi connectivity index (χ1) is 4.36. The number of allylic oxidation sites excluding steroid dienone is 2. The van der Waals surface area contributed by atoms with Crippen molar-refractivity contribution in [3.05, 3.63) is 12.2 Å². The van der Waals surface area contributed by atoms with Gasteiger partial charge in [-0.2, -0.15) is 0 Å². The van der Waals surface area contributed by atoms with Crippen LogP contribution in [0.4, 0.5) is 0 Å². The average molecular weight is 124 g/mol. The minimum absolute atomic E-state index is 0.931. The van der Waals surface area contributed by atoms with Crippen molar-refractivity contribution in [3.63, 3.8) is 0 Å². The van der Waals surface area contributed by atoms with Crippen LogP contribution in [0.2, 0.25) is 0 Å². The Hall–Kier alpha value is -0.260. The zero-order chi connectivity index (χ0) is 6.69. The predicted octanol–water partition coefficient (Wildman–Crippen LogP) is 3.00. The van der Waals surface area contributed by atoms with Crippen LogP contribution in [-0.4, -0.2) is 0 Å². The molecule has 0 nitrogen and oxygen atoms in total. The quantitative estimate of drug-likeness (QED) is 0.496. The fourth-order valence-corrected chi connectivity index (χ4v) is 1.55. The summed E-state index contributed by atoms with van der Waals surface area (Å²) >= 11 is 0. The van der Waals surface area contributed by atoms with E-state index in [1.54, 1.807) is 0 Å². The highest BCUT2D eigenvalue weighted by Crippen LogP contribution is 2.36. The summed E-state index contributed by atoms with van der Waals surface area (Å²) in [4.78, 5) is 0. The number of hydrogen-bond acceptors (Lipinski definition) is 0. The van der Waals surface area contributed by atoms with Crippen molar-refractivity contribution in [1.29, 1.82) is 0 Å². The van der Waals surface area contributed by atoms with Crippen LogP contribution >= 0.6 is 0 Å². The summed E-state index contributed by atoms with van der Waals surface area (Å²) in [5, 5.41) is 0. The predicted molar refractivity (Wildman–Crippen MR) is 41.3 cm³/mol. The molecule has 0 aromatic heterocycles. The average Bonchev–Trinajstić information content (AvgIpc) is 1.77. The van der Waals surface area contributed by atoms with E-state index in [0.717, 1.165) is 11.8 Å². The van der Waals surface area contributed by atoms with E-state index < -0.39 is 0 Å². The van der Waals surface area contributed by atoms with Gasteiger partial charge in [-0.25, -0.2) is 0 Å². The van der Waals surface area contributed by atoms with E-state index >= 15 is 0 Å². The van der Waals surface area contributed by atoms with Crippen LogP contribution < -0.4 is 0 Å². The van der Waals surface area contributed by atoms with Gasteiger partial charge >= 0.3 is 0 Å². The molecule has 0 atom stereocenters. The first-order valence-electron chi connectivity index (χ1n) is 3.99. The van der Waals surface area contributed by atoms with Crippen molar-refractivity contribution in [3.8, 4) is 0 Å². The third-order valence-corrected chi connectivity index (χ3v) is 2.31. The molecule has 1 aliphatic carbocycles. The monoisotopic (exact) mass is 124 g/mol. The lowest BCUT2D eigenvalue weighted by Crippen LogP contribution is -2.20. The maximum atomic E-state index is 2.34. The highest BCUT2D eigenvalue weighted by atomic mass is 14.3. The van der Waals surface area contributed by atoms with Gasteiger partial charge in [-0.05, 0) is 31.6 Å². The SMILES string of the molecule is CC=CC1CC(CC)C1. The van der Waals surface area contributed by atoms with Crippen molar-refractivity contribution in [1.82, 2.24) is 0 Å². The van der Waals surface area contributed by atoms with Gasteiger partial charge < -0.3 is 0 Å². The molecular formula is C9H16. The molecule has 0 amide bonds. The molecule has 1 fully saturated rings. The molecule has 0 spiro atoms. The van der Waals surface area contributed by atoms with Gasteiger partial charge in [0.15, 0.2) is 0 Å². The molecule has 0 radical (unpaired) electrons. The largest absolute Gasteiger partial charge is 0.0914 e. The lowest BCUT2D eigenvalue weighted by Gasteiger charge is -2.32. The van der Waals surface area contributed by atoms with E-state index in [1.165, 1.54) is 19.3 Å². The van der Waals surface area contributed by atoms with Crippen LogP contribution in [0, 0.1) is 11.8 Å². The lowest BCUT2D eigenvalue weighted by molar-refractivity contribution is 0.233. The molecule has 9 heavy (non-hydrogen) atoms. The normalized spacial score (nSPS) is 34.9. The molecule has 1 rings (SSSR count). The standard InChI is InChI=1S/C9H16/c1-3-5-9-6-8(4-2)7-9/h3,5,8-9H,4,6-7H2,1-2H3. The van der Waals surface area contributed by atoms with Crippen molar-refractivity contribution < 1.29 is 0 Å². The Labute approximate surface area is 58.0 Å². The van der Waals surface area contributed by atoms with E-state index in [4.69, 9.17) is 0 Å². The van der Waals surface area contributed by atoms with Gasteiger partial charge in [0.05, 0.1) is 0 Å². The first kappa shape index (κ1) is 6.85. The summed E-state index contributed by atoms with van der Waals surface area (Å²) in [6.07, 6.45) is 8.79. The minimum atomic E-state index is 0.931. The molecule has 1 saturated carbocycles. The number of rotatable bonds is 2. The fraction of sp³-hybridized carbons (Fsp3) is 0.778. The molecular weight excluding hydrogens is 108 g/mol. The molecule has 0 N–H and O–H groups in total. The Balaban J connectivity index is 2.12. The molecule has 0 bridgehead atoms. The topological polar surface area (TPSA) is 0 Å².